The SMILES string of the molecule is CSc1c(Cl)[c]nn1C(F)(F)F. The van der Waals surface area contributed by atoms with E-state index in [-0.39, 0.29) is 14.7 Å². The lowest BCUT2D eigenvalue weighted by atomic mass is 10.7. The molecule has 0 saturated carbocycles. The molecule has 7 heteroatoms. The first-order chi connectivity index (χ1) is 5.46. The molecule has 0 aliphatic heterocycles. The molecule has 0 N–H and O–H groups in total. The molecular formula is C5H3ClF3N2S. The van der Waals surface area contributed by atoms with Gasteiger partial charge in [0.15, 0.2) is 0 Å². The molecule has 0 aromatic carbocycles. The largest absolute Gasteiger partial charge is 0.505 e. The second kappa shape index (κ2) is 3.18. The third-order valence-electron chi connectivity index (χ3n) is 1.06. The van der Waals surface area contributed by atoms with Gasteiger partial charge in [-0.1, -0.05) is 11.6 Å². The Bertz CT molecular complexity index is 283. The summed E-state index contributed by atoms with van der Waals surface area (Å²) in [7, 11) is 0. The molecule has 1 aromatic rings. The Balaban J connectivity index is 3.16. The van der Waals surface area contributed by atoms with Crippen molar-refractivity contribution in [1.29, 1.82) is 0 Å². The Morgan fingerprint density at radius 1 is 1.58 bits per heavy atom. The van der Waals surface area contributed by atoms with Gasteiger partial charge in [-0.3, -0.25) is 0 Å². The quantitative estimate of drug-likeness (QED) is 0.670. The highest BCUT2D eigenvalue weighted by Gasteiger charge is 2.35. The molecule has 67 valence electrons. The van der Waals surface area contributed by atoms with Crippen LogP contribution in [0.2, 0.25) is 5.02 Å². The number of hydrogen-bond acceptors (Lipinski definition) is 2. The third kappa shape index (κ3) is 1.69. The fraction of sp³-hybridized carbons (Fsp3) is 0.400. The van der Waals surface area contributed by atoms with Crippen molar-refractivity contribution < 1.29 is 13.2 Å². The van der Waals surface area contributed by atoms with Crippen LogP contribution in [0.4, 0.5) is 13.2 Å². The van der Waals surface area contributed by atoms with Gasteiger partial charge in [0.05, 0.1) is 0 Å². The predicted octanol–water partition coefficient (Wildman–Crippen LogP) is 2.53. The molecule has 1 radical (unpaired) electrons. The highest BCUT2D eigenvalue weighted by molar-refractivity contribution is 7.98. The van der Waals surface area contributed by atoms with E-state index in [0.29, 0.717) is 0 Å². The maximum Gasteiger partial charge on any atom is 0.505 e. The van der Waals surface area contributed by atoms with Crippen molar-refractivity contribution in [2.75, 3.05) is 6.26 Å². The molecule has 0 spiro atoms. The molecule has 1 heterocycles. The Kier molecular flexibility index (Phi) is 2.58. The van der Waals surface area contributed by atoms with Gasteiger partial charge in [0, 0.05) is 0 Å². The minimum atomic E-state index is -4.53. The van der Waals surface area contributed by atoms with E-state index in [9.17, 15) is 13.2 Å². The molecule has 0 unspecified atom stereocenters. The van der Waals surface area contributed by atoms with E-state index >= 15 is 0 Å². The summed E-state index contributed by atoms with van der Waals surface area (Å²) in [6.45, 7) is 0. The van der Waals surface area contributed by atoms with E-state index in [0.717, 1.165) is 11.8 Å². The Morgan fingerprint density at radius 3 is 2.50 bits per heavy atom. The lowest BCUT2D eigenvalue weighted by Gasteiger charge is -2.08. The van der Waals surface area contributed by atoms with Gasteiger partial charge in [-0.15, -0.1) is 24.9 Å². The van der Waals surface area contributed by atoms with Crippen LogP contribution in [0, 0.1) is 6.20 Å². The number of aromatic nitrogens is 2. The molecule has 0 fully saturated rings. The Hall–Kier alpha value is -0.360. The average Bonchev–Trinajstić information content (AvgIpc) is 2.29. The van der Waals surface area contributed by atoms with E-state index < -0.39 is 6.30 Å². The minimum Gasteiger partial charge on any atom is -0.163 e. The summed E-state index contributed by atoms with van der Waals surface area (Å²) in [5, 5.41) is 2.71. The van der Waals surface area contributed by atoms with E-state index in [4.69, 9.17) is 11.6 Å². The average molecular weight is 216 g/mol. The zero-order valence-corrected chi connectivity index (χ0v) is 7.39. The van der Waals surface area contributed by atoms with Crippen LogP contribution in [-0.2, 0) is 6.30 Å². The summed E-state index contributed by atoms with van der Waals surface area (Å²) >= 11 is 6.26. The Labute approximate surface area is 75.7 Å². The molecule has 0 amide bonds. The molecule has 1 rings (SSSR count). The van der Waals surface area contributed by atoms with Gasteiger partial charge < -0.3 is 0 Å². The van der Waals surface area contributed by atoms with Crippen LogP contribution in [0.1, 0.15) is 0 Å². The van der Waals surface area contributed by atoms with Gasteiger partial charge in [0.25, 0.3) is 0 Å². The topological polar surface area (TPSA) is 17.8 Å². The molecule has 2 nitrogen and oxygen atoms in total. The van der Waals surface area contributed by atoms with Gasteiger partial charge in [0.2, 0.25) is 0 Å². The van der Waals surface area contributed by atoms with E-state index in [1.165, 1.54) is 6.26 Å². The molecule has 0 atom stereocenters. The number of alkyl halides is 3. The van der Waals surface area contributed by atoms with Crippen molar-refractivity contribution in [3.8, 4) is 0 Å². The van der Waals surface area contributed by atoms with Crippen LogP contribution in [0.5, 0.6) is 0 Å². The van der Waals surface area contributed by atoms with Crippen molar-refractivity contribution in [2.24, 2.45) is 0 Å². The van der Waals surface area contributed by atoms with Gasteiger partial charge in [0.1, 0.15) is 16.2 Å². The van der Waals surface area contributed by atoms with Crippen molar-refractivity contribution in [1.82, 2.24) is 9.78 Å². The molecule has 12 heavy (non-hydrogen) atoms. The summed E-state index contributed by atoms with van der Waals surface area (Å²) in [6, 6.07) is 0. The number of thioether (sulfide) groups is 1. The lowest BCUT2D eigenvalue weighted by molar-refractivity contribution is -0.217. The maximum atomic E-state index is 12.1. The smallest absolute Gasteiger partial charge is 0.163 e. The number of rotatable bonds is 1. The van der Waals surface area contributed by atoms with Crippen molar-refractivity contribution >= 4 is 23.4 Å². The van der Waals surface area contributed by atoms with E-state index in [1.807, 2.05) is 6.20 Å². The standard InChI is InChI=1S/C5H3ClF3N2S/c1-12-4-3(6)2-10-11(4)5(7,8)9/h1H3. The predicted molar refractivity (Wildman–Crippen MR) is 39.2 cm³/mol. The van der Waals surface area contributed by atoms with Gasteiger partial charge in [-0.05, 0) is 6.26 Å². The minimum absolute atomic E-state index is 0.111. The van der Waals surface area contributed by atoms with Crippen LogP contribution in [-0.4, -0.2) is 16.0 Å². The highest BCUT2D eigenvalue weighted by Crippen LogP contribution is 2.31. The first kappa shape index (κ1) is 9.73. The third-order valence-corrected chi connectivity index (χ3v) is 2.20. The zero-order chi connectivity index (χ0) is 9.35. The van der Waals surface area contributed by atoms with Crippen molar-refractivity contribution in [3.63, 3.8) is 0 Å². The molecule has 0 bridgehead atoms. The summed E-state index contributed by atoms with van der Waals surface area (Å²) in [4.78, 5) is 0. The van der Waals surface area contributed by atoms with Crippen LogP contribution in [0.3, 0.4) is 0 Å². The van der Waals surface area contributed by atoms with Crippen LogP contribution < -0.4 is 0 Å². The van der Waals surface area contributed by atoms with Crippen LogP contribution in [0.15, 0.2) is 5.03 Å². The van der Waals surface area contributed by atoms with E-state index in [1.54, 1.807) is 0 Å². The summed E-state index contributed by atoms with van der Waals surface area (Å²) in [6.07, 6.45) is -1.01. The highest BCUT2D eigenvalue weighted by atomic mass is 35.5. The molecule has 1 aromatic heterocycles. The maximum absolute atomic E-state index is 12.1. The molecular weight excluding hydrogens is 213 g/mol. The van der Waals surface area contributed by atoms with Crippen LogP contribution in [0.25, 0.3) is 0 Å². The van der Waals surface area contributed by atoms with E-state index in [2.05, 4.69) is 5.10 Å². The van der Waals surface area contributed by atoms with Gasteiger partial charge >= 0.3 is 6.30 Å². The second-order valence-corrected chi connectivity index (χ2v) is 2.99. The first-order valence-corrected chi connectivity index (χ1v) is 4.34. The molecule has 0 aliphatic carbocycles. The van der Waals surface area contributed by atoms with Gasteiger partial charge in [-0.2, -0.15) is 9.78 Å². The normalized spacial score (nSPS) is 12.1. The summed E-state index contributed by atoms with van der Waals surface area (Å²) < 4.78 is 36.1. The van der Waals surface area contributed by atoms with Crippen molar-refractivity contribution in [3.05, 3.63) is 11.2 Å². The van der Waals surface area contributed by atoms with Gasteiger partial charge in [-0.25, -0.2) is 0 Å². The number of hydrogen-bond donors (Lipinski definition) is 0. The zero-order valence-electron chi connectivity index (χ0n) is 5.81. The fourth-order valence-corrected chi connectivity index (χ4v) is 1.52. The lowest BCUT2D eigenvalue weighted by Crippen LogP contribution is -2.18. The van der Waals surface area contributed by atoms with Crippen LogP contribution >= 0.6 is 23.4 Å². The number of halogens is 4. The monoisotopic (exact) mass is 215 g/mol. The summed E-state index contributed by atoms with van der Waals surface area (Å²) in [5.41, 5.74) is 0. The summed E-state index contributed by atoms with van der Waals surface area (Å²) in [5.74, 6) is 0. The molecule has 0 saturated heterocycles. The number of nitrogens with zero attached hydrogens (tertiary/aromatic N) is 2. The van der Waals surface area contributed by atoms with Crippen molar-refractivity contribution in [2.45, 2.75) is 11.3 Å². The second-order valence-electron chi connectivity index (χ2n) is 1.81. The first-order valence-electron chi connectivity index (χ1n) is 2.74. The fourth-order valence-electron chi connectivity index (χ4n) is 0.628. The Morgan fingerprint density at radius 2 is 2.17 bits per heavy atom. The molecule has 0 aliphatic rings.